The zero-order valence-corrected chi connectivity index (χ0v) is 20.0. The van der Waals surface area contributed by atoms with Crippen LogP contribution in [-0.4, -0.2) is 40.9 Å². The Morgan fingerprint density at radius 1 is 1.00 bits per heavy atom. The summed E-state index contributed by atoms with van der Waals surface area (Å²) in [5, 5.41) is 0. The molecule has 1 amide bonds. The Morgan fingerprint density at radius 2 is 1.73 bits per heavy atom. The molecule has 1 atom stereocenters. The lowest BCUT2D eigenvalue weighted by molar-refractivity contribution is -0.128. The number of nitrogens with zero attached hydrogens (tertiary/aromatic N) is 3. The van der Waals surface area contributed by atoms with Crippen LogP contribution in [0.3, 0.4) is 0 Å². The molecule has 0 N–H and O–H groups in total. The van der Waals surface area contributed by atoms with Crippen LogP contribution in [0.15, 0.2) is 73.1 Å². The lowest BCUT2D eigenvalue weighted by Gasteiger charge is -2.31. The van der Waals surface area contributed by atoms with E-state index in [0.29, 0.717) is 19.6 Å². The van der Waals surface area contributed by atoms with Crippen LogP contribution in [0.4, 0.5) is 0 Å². The third-order valence-electron chi connectivity index (χ3n) is 6.28. The second-order valence-electron chi connectivity index (χ2n) is 9.70. The first-order valence-electron chi connectivity index (χ1n) is 11.5. The molecule has 0 spiro atoms. The predicted molar refractivity (Wildman–Crippen MR) is 131 cm³/mol. The summed E-state index contributed by atoms with van der Waals surface area (Å²) in [7, 11) is 1.67. The monoisotopic (exact) mass is 443 g/mol. The minimum atomic E-state index is -0.0926. The van der Waals surface area contributed by atoms with Crippen LogP contribution >= 0.6 is 0 Å². The molecule has 0 bridgehead atoms. The first kappa shape index (κ1) is 23.0. The minimum Gasteiger partial charge on any atom is -0.497 e. The average Bonchev–Trinajstić information content (AvgIpc) is 3.12. The molecule has 0 aliphatic carbocycles. The van der Waals surface area contributed by atoms with E-state index in [0.717, 1.165) is 23.3 Å². The fourth-order valence-electron chi connectivity index (χ4n) is 4.39. The van der Waals surface area contributed by atoms with Gasteiger partial charge in [0.2, 0.25) is 5.91 Å². The molecule has 2 aromatic carbocycles. The highest BCUT2D eigenvalue weighted by Crippen LogP contribution is 2.34. The number of ether oxygens (including phenoxy) is 1. The normalized spacial score (nSPS) is 16.9. The van der Waals surface area contributed by atoms with Gasteiger partial charge >= 0.3 is 0 Å². The molecule has 0 saturated carbocycles. The lowest BCUT2D eigenvalue weighted by atomic mass is 9.86. The highest BCUT2D eigenvalue weighted by molar-refractivity contribution is 5.81. The van der Waals surface area contributed by atoms with Gasteiger partial charge in [-0.25, -0.2) is 0 Å². The Labute approximate surface area is 197 Å². The maximum Gasteiger partial charge on any atom is 0.238 e. The zero-order valence-electron chi connectivity index (χ0n) is 20.0. The van der Waals surface area contributed by atoms with Crippen molar-refractivity contribution in [2.45, 2.75) is 45.3 Å². The van der Waals surface area contributed by atoms with Crippen molar-refractivity contribution in [2.24, 2.45) is 0 Å². The average molecular weight is 444 g/mol. The maximum atomic E-state index is 13.2. The molecule has 5 nitrogen and oxygen atoms in total. The van der Waals surface area contributed by atoms with Crippen LogP contribution in [0.1, 0.15) is 49.2 Å². The van der Waals surface area contributed by atoms with E-state index in [1.165, 1.54) is 11.1 Å². The van der Waals surface area contributed by atoms with Gasteiger partial charge in [0.05, 0.1) is 13.7 Å². The summed E-state index contributed by atoms with van der Waals surface area (Å²) in [4.78, 5) is 21.7. The van der Waals surface area contributed by atoms with Crippen molar-refractivity contribution in [1.82, 2.24) is 14.8 Å². The van der Waals surface area contributed by atoms with Crippen molar-refractivity contribution in [2.75, 3.05) is 20.2 Å². The Kier molecular flexibility index (Phi) is 6.80. The fourth-order valence-corrected chi connectivity index (χ4v) is 4.39. The zero-order chi connectivity index (χ0) is 23.4. The highest BCUT2D eigenvalue weighted by Gasteiger charge is 2.38. The Balaban J connectivity index is 1.59. The second-order valence-corrected chi connectivity index (χ2v) is 9.70. The van der Waals surface area contributed by atoms with Gasteiger partial charge in [-0.3, -0.25) is 14.7 Å². The lowest BCUT2D eigenvalue weighted by Crippen LogP contribution is -2.33. The summed E-state index contributed by atoms with van der Waals surface area (Å²) in [6.07, 6.45) is 4.37. The van der Waals surface area contributed by atoms with Crippen LogP contribution in [0.2, 0.25) is 0 Å². The largest absolute Gasteiger partial charge is 0.497 e. The molecule has 1 saturated heterocycles. The first-order valence-corrected chi connectivity index (χ1v) is 11.5. The predicted octanol–water partition coefficient (Wildman–Crippen LogP) is 4.97. The van der Waals surface area contributed by atoms with Gasteiger partial charge in [0, 0.05) is 25.5 Å². The quantitative estimate of drug-likeness (QED) is 0.517. The Bertz CT molecular complexity index is 1060. The number of carbonyl (C=O) groups is 1. The molecule has 172 valence electrons. The van der Waals surface area contributed by atoms with E-state index in [1.807, 2.05) is 29.3 Å². The summed E-state index contributed by atoms with van der Waals surface area (Å²) >= 11 is 0. The number of methoxy groups -OCH3 is 1. The first-order chi connectivity index (χ1) is 15.8. The molecule has 2 heterocycles. The molecule has 1 aliphatic rings. The van der Waals surface area contributed by atoms with E-state index >= 15 is 0 Å². The van der Waals surface area contributed by atoms with E-state index in [4.69, 9.17) is 4.74 Å². The van der Waals surface area contributed by atoms with E-state index in [9.17, 15) is 4.79 Å². The van der Waals surface area contributed by atoms with Crippen LogP contribution < -0.4 is 4.74 Å². The standard InChI is InChI=1S/C28H33N3O2/c1-28(2,3)24-11-9-23(10-12-24)27-30(19-22-6-5-16-29-18-22)20-26(32)31(27)17-15-21-7-13-25(33-4)14-8-21/h5-14,16,18,27H,15,17,19-20H2,1-4H3. The van der Waals surface area contributed by atoms with Crippen LogP contribution in [0, 0.1) is 0 Å². The third kappa shape index (κ3) is 5.42. The van der Waals surface area contributed by atoms with Gasteiger partial charge in [-0.15, -0.1) is 0 Å². The summed E-state index contributed by atoms with van der Waals surface area (Å²) < 4.78 is 5.27. The van der Waals surface area contributed by atoms with E-state index in [-0.39, 0.29) is 17.5 Å². The molecule has 5 heteroatoms. The molecule has 1 aliphatic heterocycles. The Hall–Kier alpha value is -3.18. The SMILES string of the molecule is COc1ccc(CCN2C(=O)CN(Cc3cccnc3)C2c2ccc(C(C)(C)C)cc2)cc1. The van der Waals surface area contributed by atoms with Crippen molar-refractivity contribution in [3.8, 4) is 5.75 Å². The van der Waals surface area contributed by atoms with Crippen molar-refractivity contribution < 1.29 is 9.53 Å². The molecular formula is C28H33N3O2. The molecule has 1 aromatic heterocycles. The number of rotatable bonds is 7. The summed E-state index contributed by atoms with van der Waals surface area (Å²) in [5.41, 5.74) is 4.83. The number of pyridine rings is 1. The molecule has 0 radical (unpaired) electrons. The van der Waals surface area contributed by atoms with Crippen LogP contribution in [-0.2, 0) is 23.2 Å². The van der Waals surface area contributed by atoms with Gasteiger partial charge in [0.15, 0.2) is 0 Å². The van der Waals surface area contributed by atoms with Gasteiger partial charge in [-0.2, -0.15) is 0 Å². The molecule has 1 unspecified atom stereocenters. The van der Waals surface area contributed by atoms with Crippen molar-refractivity contribution >= 4 is 5.91 Å². The molecule has 1 fully saturated rings. The smallest absolute Gasteiger partial charge is 0.238 e. The molecular weight excluding hydrogens is 410 g/mol. The van der Waals surface area contributed by atoms with Gasteiger partial charge in [0.1, 0.15) is 11.9 Å². The summed E-state index contributed by atoms with van der Waals surface area (Å²) in [5.74, 6) is 1.01. The van der Waals surface area contributed by atoms with Crippen molar-refractivity contribution in [3.05, 3.63) is 95.3 Å². The number of hydrogen-bond acceptors (Lipinski definition) is 4. The van der Waals surface area contributed by atoms with Gasteiger partial charge in [-0.05, 0) is 52.3 Å². The third-order valence-corrected chi connectivity index (χ3v) is 6.28. The van der Waals surface area contributed by atoms with Crippen LogP contribution in [0.5, 0.6) is 5.75 Å². The number of hydrogen-bond donors (Lipinski definition) is 0. The van der Waals surface area contributed by atoms with E-state index < -0.39 is 0 Å². The summed E-state index contributed by atoms with van der Waals surface area (Å²) in [6.45, 7) is 8.42. The molecule has 33 heavy (non-hydrogen) atoms. The van der Waals surface area contributed by atoms with Crippen LogP contribution in [0.25, 0.3) is 0 Å². The van der Waals surface area contributed by atoms with Crippen molar-refractivity contribution in [3.63, 3.8) is 0 Å². The molecule has 4 rings (SSSR count). The topological polar surface area (TPSA) is 45.7 Å². The number of amides is 1. The fraction of sp³-hybridized carbons (Fsp3) is 0.357. The van der Waals surface area contributed by atoms with E-state index in [1.54, 1.807) is 13.3 Å². The van der Waals surface area contributed by atoms with E-state index in [2.05, 4.69) is 73.1 Å². The van der Waals surface area contributed by atoms with Crippen molar-refractivity contribution in [1.29, 1.82) is 0 Å². The number of benzene rings is 2. The Morgan fingerprint density at radius 3 is 2.33 bits per heavy atom. The molecule has 3 aromatic rings. The highest BCUT2D eigenvalue weighted by atomic mass is 16.5. The van der Waals surface area contributed by atoms with Gasteiger partial charge in [0.25, 0.3) is 0 Å². The number of carbonyl (C=O) groups excluding carboxylic acids is 1. The number of aromatic nitrogens is 1. The van der Waals surface area contributed by atoms with Gasteiger partial charge < -0.3 is 9.64 Å². The summed E-state index contributed by atoms with van der Waals surface area (Å²) in [6, 6.07) is 20.8. The maximum absolute atomic E-state index is 13.2. The minimum absolute atomic E-state index is 0.0907. The second kappa shape index (κ2) is 9.75. The van der Waals surface area contributed by atoms with Gasteiger partial charge in [-0.1, -0.05) is 63.2 Å².